The fraction of sp³-hybridized carbons (Fsp3) is 0.571. The SMILES string of the molecule is CC(C)CCCC(C)CCCC(C)CCC1c2ccccc2-c2ccccc21. The maximum absolute atomic E-state index is 2.47. The largest absolute Gasteiger partial charge is 0.0628 e. The molecule has 0 radical (unpaired) electrons. The first-order valence-corrected chi connectivity index (χ1v) is 11.7. The average Bonchev–Trinajstić information content (AvgIpc) is 3.00. The molecule has 0 bridgehead atoms. The third-order valence-corrected chi connectivity index (χ3v) is 6.78. The highest BCUT2D eigenvalue weighted by Gasteiger charge is 2.27. The lowest BCUT2D eigenvalue weighted by Gasteiger charge is -2.18. The zero-order valence-corrected chi connectivity index (χ0v) is 18.6. The molecule has 0 heterocycles. The molecule has 2 unspecified atom stereocenters. The Morgan fingerprint density at radius 3 is 1.61 bits per heavy atom. The van der Waals surface area contributed by atoms with Crippen molar-refractivity contribution in [2.45, 2.75) is 85.0 Å². The van der Waals surface area contributed by atoms with Crippen LogP contribution in [0, 0.1) is 17.8 Å². The molecule has 0 N–H and O–H groups in total. The minimum absolute atomic E-state index is 0.602. The fourth-order valence-corrected chi connectivity index (χ4v) is 5.00. The summed E-state index contributed by atoms with van der Waals surface area (Å²) in [4.78, 5) is 0. The highest BCUT2D eigenvalue weighted by molar-refractivity contribution is 5.78. The van der Waals surface area contributed by atoms with Crippen LogP contribution in [0.15, 0.2) is 48.5 Å². The first-order valence-electron chi connectivity index (χ1n) is 11.7. The Morgan fingerprint density at radius 1 is 0.607 bits per heavy atom. The molecule has 3 rings (SSSR count). The fourth-order valence-electron chi connectivity index (χ4n) is 5.00. The molecule has 2 atom stereocenters. The predicted molar refractivity (Wildman–Crippen MR) is 124 cm³/mol. The lowest BCUT2D eigenvalue weighted by atomic mass is 9.87. The minimum atomic E-state index is 0.602. The highest BCUT2D eigenvalue weighted by atomic mass is 14.3. The van der Waals surface area contributed by atoms with Gasteiger partial charge in [-0.05, 0) is 52.8 Å². The van der Waals surface area contributed by atoms with Crippen molar-refractivity contribution in [3.8, 4) is 11.1 Å². The quantitative estimate of drug-likeness (QED) is 0.367. The molecule has 0 saturated heterocycles. The van der Waals surface area contributed by atoms with E-state index in [2.05, 4.69) is 76.2 Å². The van der Waals surface area contributed by atoms with Crippen molar-refractivity contribution in [2.75, 3.05) is 0 Å². The van der Waals surface area contributed by atoms with Crippen molar-refractivity contribution >= 4 is 0 Å². The lowest BCUT2D eigenvalue weighted by molar-refractivity contribution is 0.386. The zero-order chi connectivity index (χ0) is 19.9. The van der Waals surface area contributed by atoms with Crippen LogP contribution in [0.1, 0.15) is 96.1 Å². The van der Waals surface area contributed by atoms with Gasteiger partial charge in [-0.1, -0.05) is 115 Å². The summed E-state index contributed by atoms with van der Waals surface area (Å²) in [6.45, 7) is 9.61. The molecule has 0 fully saturated rings. The molecule has 0 aromatic heterocycles. The third-order valence-electron chi connectivity index (χ3n) is 6.78. The van der Waals surface area contributed by atoms with Gasteiger partial charge in [-0.15, -0.1) is 0 Å². The summed E-state index contributed by atoms with van der Waals surface area (Å²) in [7, 11) is 0. The number of rotatable bonds is 11. The van der Waals surface area contributed by atoms with Crippen LogP contribution in [0.4, 0.5) is 0 Å². The summed E-state index contributed by atoms with van der Waals surface area (Å²) in [6.07, 6.45) is 11.1. The van der Waals surface area contributed by atoms with Crippen molar-refractivity contribution in [1.82, 2.24) is 0 Å². The van der Waals surface area contributed by atoms with Gasteiger partial charge in [0.05, 0.1) is 0 Å². The van der Waals surface area contributed by atoms with Crippen LogP contribution in [0.2, 0.25) is 0 Å². The number of hydrogen-bond acceptors (Lipinski definition) is 0. The summed E-state index contributed by atoms with van der Waals surface area (Å²) >= 11 is 0. The minimum Gasteiger partial charge on any atom is -0.0628 e. The molecular formula is C28H40. The van der Waals surface area contributed by atoms with Crippen LogP contribution in [0.5, 0.6) is 0 Å². The standard InChI is InChI=1S/C28H40/c1-21(2)11-9-12-22(3)13-10-14-23(4)19-20-28-26-17-7-5-15-24(26)25-16-6-8-18-27(25)28/h5-8,15-18,21-23,28H,9-14,19-20H2,1-4H3. The van der Waals surface area contributed by atoms with E-state index < -0.39 is 0 Å². The van der Waals surface area contributed by atoms with Crippen LogP contribution in [-0.4, -0.2) is 0 Å². The van der Waals surface area contributed by atoms with Gasteiger partial charge >= 0.3 is 0 Å². The second-order valence-electron chi connectivity index (χ2n) is 9.77. The molecule has 28 heavy (non-hydrogen) atoms. The topological polar surface area (TPSA) is 0 Å². The Bertz CT molecular complexity index is 681. The smallest absolute Gasteiger partial charge is 0.0102 e. The van der Waals surface area contributed by atoms with E-state index in [1.807, 2.05) is 0 Å². The van der Waals surface area contributed by atoms with Crippen molar-refractivity contribution in [3.63, 3.8) is 0 Å². The van der Waals surface area contributed by atoms with Crippen molar-refractivity contribution in [2.24, 2.45) is 17.8 Å². The van der Waals surface area contributed by atoms with E-state index in [9.17, 15) is 0 Å². The molecular weight excluding hydrogens is 336 g/mol. The lowest BCUT2D eigenvalue weighted by Crippen LogP contribution is -2.03. The summed E-state index contributed by atoms with van der Waals surface area (Å²) in [5.74, 6) is 3.20. The van der Waals surface area contributed by atoms with Gasteiger partial charge in [0.2, 0.25) is 0 Å². The first kappa shape index (κ1) is 21.2. The van der Waals surface area contributed by atoms with E-state index in [1.54, 1.807) is 11.1 Å². The Hall–Kier alpha value is -1.56. The Kier molecular flexibility index (Phi) is 7.77. The molecule has 0 nitrogen and oxygen atoms in total. The molecule has 0 amide bonds. The summed E-state index contributed by atoms with van der Waals surface area (Å²) in [5.41, 5.74) is 6.03. The maximum atomic E-state index is 2.47. The molecule has 1 aliphatic carbocycles. The van der Waals surface area contributed by atoms with Crippen molar-refractivity contribution in [3.05, 3.63) is 59.7 Å². The van der Waals surface area contributed by atoms with Crippen LogP contribution >= 0.6 is 0 Å². The van der Waals surface area contributed by atoms with E-state index in [0.29, 0.717) is 5.92 Å². The van der Waals surface area contributed by atoms with Gasteiger partial charge in [-0.25, -0.2) is 0 Å². The molecule has 1 aliphatic rings. The summed E-state index contributed by atoms with van der Waals surface area (Å²) in [5, 5.41) is 0. The van der Waals surface area contributed by atoms with Gasteiger partial charge in [-0.3, -0.25) is 0 Å². The second-order valence-corrected chi connectivity index (χ2v) is 9.77. The molecule has 0 heteroatoms. The Morgan fingerprint density at radius 2 is 1.07 bits per heavy atom. The Labute approximate surface area is 173 Å². The van der Waals surface area contributed by atoms with E-state index in [-0.39, 0.29) is 0 Å². The van der Waals surface area contributed by atoms with Crippen LogP contribution in [0.25, 0.3) is 11.1 Å². The monoisotopic (exact) mass is 376 g/mol. The van der Waals surface area contributed by atoms with Gasteiger partial charge in [0.25, 0.3) is 0 Å². The van der Waals surface area contributed by atoms with E-state index in [0.717, 1.165) is 17.8 Å². The number of fused-ring (bicyclic) bond motifs is 3. The van der Waals surface area contributed by atoms with E-state index in [1.165, 1.54) is 62.5 Å². The Balaban J connectivity index is 1.44. The third kappa shape index (κ3) is 5.49. The molecule has 2 aromatic rings. The van der Waals surface area contributed by atoms with Crippen molar-refractivity contribution in [1.29, 1.82) is 0 Å². The normalized spacial score (nSPS) is 15.5. The highest BCUT2D eigenvalue weighted by Crippen LogP contribution is 2.47. The van der Waals surface area contributed by atoms with Gasteiger partial charge < -0.3 is 0 Å². The number of hydrogen-bond donors (Lipinski definition) is 0. The van der Waals surface area contributed by atoms with E-state index in [4.69, 9.17) is 0 Å². The van der Waals surface area contributed by atoms with Crippen molar-refractivity contribution < 1.29 is 0 Å². The molecule has 2 aromatic carbocycles. The van der Waals surface area contributed by atoms with Gasteiger partial charge in [0.1, 0.15) is 0 Å². The second kappa shape index (κ2) is 10.3. The van der Waals surface area contributed by atoms with Gasteiger partial charge in [0.15, 0.2) is 0 Å². The maximum Gasteiger partial charge on any atom is 0.0102 e. The average molecular weight is 377 g/mol. The van der Waals surface area contributed by atoms with E-state index >= 15 is 0 Å². The summed E-state index contributed by atoms with van der Waals surface area (Å²) < 4.78 is 0. The predicted octanol–water partition coefficient (Wildman–Crippen LogP) is 8.85. The molecule has 0 spiro atoms. The molecule has 152 valence electrons. The molecule has 0 aliphatic heterocycles. The van der Waals surface area contributed by atoms with Gasteiger partial charge in [0, 0.05) is 5.92 Å². The van der Waals surface area contributed by atoms with Crippen LogP contribution < -0.4 is 0 Å². The zero-order valence-electron chi connectivity index (χ0n) is 18.6. The summed E-state index contributed by atoms with van der Waals surface area (Å²) in [6, 6.07) is 18.1. The first-order chi connectivity index (χ1) is 13.6. The van der Waals surface area contributed by atoms with Crippen LogP contribution in [-0.2, 0) is 0 Å². The number of benzene rings is 2. The molecule has 0 saturated carbocycles. The van der Waals surface area contributed by atoms with Crippen LogP contribution in [0.3, 0.4) is 0 Å². The van der Waals surface area contributed by atoms with Gasteiger partial charge in [-0.2, -0.15) is 0 Å².